The summed E-state index contributed by atoms with van der Waals surface area (Å²) >= 11 is 11.8. The maximum atomic E-state index is 9.93. The second-order valence-corrected chi connectivity index (χ2v) is 6.30. The molecule has 2 unspecified atom stereocenters. The fourth-order valence-electron chi connectivity index (χ4n) is 2.24. The van der Waals surface area contributed by atoms with Crippen molar-refractivity contribution < 1.29 is 14.6 Å². The normalized spacial score (nSPS) is 20.8. The van der Waals surface area contributed by atoms with E-state index >= 15 is 0 Å². The third-order valence-electron chi connectivity index (χ3n) is 3.42. The molecule has 0 radical (unpaired) electrons. The average molecular weight is 349 g/mol. The average Bonchev–Trinajstić information content (AvgIpc) is 2.46. The van der Waals surface area contributed by atoms with Crippen LogP contribution in [0.1, 0.15) is 0 Å². The van der Waals surface area contributed by atoms with Gasteiger partial charge in [-0.05, 0) is 25.2 Å². The minimum Gasteiger partial charge on any atom is -0.489 e. The molecule has 1 aromatic rings. The van der Waals surface area contributed by atoms with Crippen LogP contribution in [0.5, 0.6) is 5.75 Å². The highest BCUT2D eigenvalue weighted by Crippen LogP contribution is 2.27. The van der Waals surface area contributed by atoms with Gasteiger partial charge in [0.05, 0.1) is 17.7 Å². The smallest absolute Gasteiger partial charge is 0.138 e. The van der Waals surface area contributed by atoms with Crippen LogP contribution in [0.2, 0.25) is 10.0 Å². The second-order valence-electron chi connectivity index (χ2n) is 5.45. The quantitative estimate of drug-likeness (QED) is 0.784. The van der Waals surface area contributed by atoms with E-state index < -0.39 is 6.10 Å². The van der Waals surface area contributed by atoms with Crippen LogP contribution in [0, 0.1) is 0 Å². The van der Waals surface area contributed by atoms with Gasteiger partial charge in [-0.25, -0.2) is 0 Å². The fraction of sp³-hybridized carbons (Fsp3) is 0.600. The SMILES string of the molecule is CN1CCOC(CNCC(O)COc2ccc(Cl)cc2Cl)C1. The van der Waals surface area contributed by atoms with Gasteiger partial charge in [0.1, 0.15) is 18.5 Å². The molecule has 1 fully saturated rings. The van der Waals surface area contributed by atoms with Crippen molar-refractivity contribution in [2.75, 3.05) is 46.4 Å². The Bertz CT molecular complexity index is 476. The van der Waals surface area contributed by atoms with Gasteiger partial charge in [0.25, 0.3) is 0 Å². The van der Waals surface area contributed by atoms with E-state index in [4.69, 9.17) is 32.7 Å². The summed E-state index contributed by atoms with van der Waals surface area (Å²) in [5.74, 6) is 0.516. The summed E-state index contributed by atoms with van der Waals surface area (Å²) in [5, 5.41) is 14.1. The number of aliphatic hydroxyl groups is 1. The van der Waals surface area contributed by atoms with Crippen molar-refractivity contribution in [1.29, 1.82) is 0 Å². The lowest BCUT2D eigenvalue weighted by molar-refractivity contribution is -0.0196. The number of hydrogen-bond acceptors (Lipinski definition) is 5. The molecule has 5 nitrogen and oxygen atoms in total. The Morgan fingerprint density at radius 1 is 1.50 bits per heavy atom. The number of hydrogen-bond donors (Lipinski definition) is 2. The van der Waals surface area contributed by atoms with E-state index in [1.54, 1.807) is 18.2 Å². The Kier molecular flexibility index (Phi) is 7.21. The Morgan fingerprint density at radius 3 is 3.05 bits per heavy atom. The van der Waals surface area contributed by atoms with Gasteiger partial charge in [-0.2, -0.15) is 0 Å². The monoisotopic (exact) mass is 348 g/mol. The Morgan fingerprint density at radius 2 is 2.32 bits per heavy atom. The summed E-state index contributed by atoms with van der Waals surface area (Å²) in [6.07, 6.45) is -0.453. The zero-order valence-corrected chi connectivity index (χ0v) is 14.1. The summed E-state index contributed by atoms with van der Waals surface area (Å²) in [6, 6.07) is 5.00. The van der Waals surface area contributed by atoms with E-state index in [1.807, 2.05) is 0 Å². The molecule has 0 amide bonds. The number of nitrogens with zero attached hydrogens (tertiary/aromatic N) is 1. The third kappa shape index (κ3) is 5.91. The summed E-state index contributed by atoms with van der Waals surface area (Å²) < 4.78 is 11.1. The van der Waals surface area contributed by atoms with Gasteiger partial charge in [-0.15, -0.1) is 0 Å². The molecule has 0 spiro atoms. The predicted molar refractivity (Wildman–Crippen MR) is 88.1 cm³/mol. The maximum Gasteiger partial charge on any atom is 0.138 e. The number of likely N-dealkylation sites (N-methyl/N-ethyl adjacent to an activating group) is 1. The number of morpholine rings is 1. The van der Waals surface area contributed by atoms with Crippen LogP contribution >= 0.6 is 23.2 Å². The molecule has 2 N–H and O–H groups in total. The van der Waals surface area contributed by atoms with Crippen LogP contribution in [0.25, 0.3) is 0 Å². The first-order chi connectivity index (χ1) is 10.5. The van der Waals surface area contributed by atoms with Crippen molar-refractivity contribution in [2.45, 2.75) is 12.2 Å². The molecule has 124 valence electrons. The van der Waals surface area contributed by atoms with E-state index in [0.717, 1.165) is 19.7 Å². The molecule has 2 atom stereocenters. The second kappa shape index (κ2) is 8.91. The van der Waals surface area contributed by atoms with Crippen molar-refractivity contribution in [3.05, 3.63) is 28.2 Å². The molecule has 1 saturated heterocycles. The van der Waals surface area contributed by atoms with E-state index in [1.165, 1.54) is 0 Å². The Balaban J connectivity index is 1.64. The van der Waals surface area contributed by atoms with Gasteiger partial charge in [0, 0.05) is 31.2 Å². The lowest BCUT2D eigenvalue weighted by atomic mass is 10.2. The predicted octanol–water partition coefficient (Wildman–Crippen LogP) is 1.65. The number of rotatable bonds is 7. The van der Waals surface area contributed by atoms with Crippen LogP contribution < -0.4 is 10.1 Å². The lowest BCUT2D eigenvalue weighted by Gasteiger charge is -2.30. The van der Waals surface area contributed by atoms with Gasteiger partial charge < -0.3 is 24.8 Å². The Labute approximate surface area is 141 Å². The molecule has 1 aromatic carbocycles. The number of halogens is 2. The van der Waals surface area contributed by atoms with Crippen molar-refractivity contribution in [2.24, 2.45) is 0 Å². The molecule has 0 aromatic heterocycles. The summed E-state index contributed by atoms with van der Waals surface area (Å²) in [5.41, 5.74) is 0. The summed E-state index contributed by atoms with van der Waals surface area (Å²) in [7, 11) is 2.08. The number of nitrogens with one attached hydrogen (secondary N) is 1. The highest BCUT2D eigenvalue weighted by atomic mass is 35.5. The Hall–Kier alpha value is -0.560. The number of ether oxygens (including phenoxy) is 2. The molecule has 0 aliphatic carbocycles. The van der Waals surface area contributed by atoms with Gasteiger partial charge >= 0.3 is 0 Å². The van der Waals surface area contributed by atoms with E-state index in [9.17, 15) is 5.11 Å². The van der Waals surface area contributed by atoms with Crippen molar-refractivity contribution in [1.82, 2.24) is 10.2 Å². The fourth-order valence-corrected chi connectivity index (χ4v) is 2.70. The van der Waals surface area contributed by atoms with E-state index in [0.29, 0.717) is 28.9 Å². The lowest BCUT2D eigenvalue weighted by Crippen LogP contribution is -2.46. The third-order valence-corrected chi connectivity index (χ3v) is 3.95. The molecule has 0 saturated carbocycles. The first-order valence-electron chi connectivity index (χ1n) is 7.31. The van der Waals surface area contributed by atoms with Crippen molar-refractivity contribution in [3.8, 4) is 5.75 Å². The molecule has 1 aliphatic heterocycles. The molecular weight excluding hydrogens is 327 g/mol. The number of aliphatic hydroxyl groups excluding tert-OH is 1. The molecular formula is C15H22Cl2N2O3. The van der Waals surface area contributed by atoms with Crippen LogP contribution in [0.3, 0.4) is 0 Å². The molecule has 0 bridgehead atoms. The minimum atomic E-state index is -0.618. The molecule has 1 aliphatic rings. The van der Waals surface area contributed by atoms with Crippen LogP contribution in [0.4, 0.5) is 0 Å². The van der Waals surface area contributed by atoms with E-state index in [-0.39, 0.29) is 12.7 Å². The summed E-state index contributed by atoms with van der Waals surface area (Å²) in [6.45, 7) is 3.94. The van der Waals surface area contributed by atoms with Crippen molar-refractivity contribution in [3.63, 3.8) is 0 Å². The number of benzene rings is 1. The zero-order chi connectivity index (χ0) is 15.9. The van der Waals surface area contributed by atoms with E-state index in [2.05, 4.69) is 17.3 Å². The van der Waals surface area contributed by atoms with Gasteiger partial charge in [-0.3, -0.25) is 0 Å². The first-order valence-corrected chi connectivity index (χ1v) is 8.07. The molecule has 1 heterocycles. The molecule has 7 heteroatoms. The summed E-state index contributed by atoms with van der Waals surface area (Å²) in [4.78, 5) is 2.23. The standard InChI is InChI=1S/C15H22Cl2N2O3/c1-19-4-5-21-13(9-19)8-18-7-12(20)10-22-15-3-2-11(16)6-14(15)17/h2-3,6,12-13,18,20H,4-5,7-10H2,1H3. The largest absolute Gasteiger partial charge is 0.489 e. The van der Waals surface area contributed by atoms with Gasteiger partial charge in [0.15, 0.2) is 0 Å². The minimum absolute atomic E-state index is 0.164. The maximum absolute atomic E-state index is 9.93. The van der Waals surface area contributed by atoms with Gasteiger partial charge in [-0.1, -0.05) is 23.2 Å². The zero-order valence-electron chi connectivity index (χ0n) is 12.6. The first kappa shape index (κ1) is 17.8. The van der Waals surface area contributed by atoms with Crippen LogP contribution in [-0.2, 0) is 4.74 Å². The molecule has 22 heavy (non-hydrogen) atoms. The van der Waals surface area contributed by atoms with Gasteiger partial charge in [0.2, 0.25) is 0 Å². The highest BCUT2D eigenvalue weighted by molar-refractivity contribution is 6.35. The molecule has 2 rings (SSSR count). The van der Waals surface area contributed by atoms with Crippen LogP contribution in [-0.4, -0.2) is 68.7 Å². The van der Waals surface area contributed by atoms with Crippen LogP contribution in [0.15, 0.2) is 18.2 Å². The highest BCUT2D eigenvalue weighted by Gasteiger charge is 2.17. The topological polar surface area (TPSA) is 54.0 Å². The van der Waals surface area contributed by atoms with Crippen molar-refractivity contribution >= 4 is 23.2 Å².